The van der Waals surface area contributed by atoms with Gasteiger partial charge in [-0.25, -0.2) is 4.79 Å². The van der Waals surface area contributed by atoms with Crippen molar-refractivity contribution in [3.8, 4) is 5.75 Å². The number of carboxylic acids is 1. The molecule has 0 fully saturated rings. The highest BCUT2D eigenvalue weighted by atomic mass is 16.5. The van der Waals surface area contributed by atoms with Crippen LogP contribution in [0.25, 0.3) is 0 Å². The largest absolute Gasteiger partial charge is 0.494 e. The minimum absolute atomic E-state index is 0.530. The molecule has 0 heterocycles. The van der Waals surface area contributed by atoms with Gasteiger partial charge in [-0.05, 0) is 45.0 Å². The number of hydrogen-bond donors (Lipinski definition) is 1. The number of anilines is 1. The van der Waals surface area contributed by atoms with Crippen molar-refractivity contribution in [2.24, 2.45) is 0 Å². The first-order chi connectivity index (χ1) is 8.10. The van der Waals surface area contributed by atoms with Gasteiger partial charge in [-0.3, -0.25) is 0 Å². The predicted octanol–water partition coefficient (Wildman–Crippen LogP) is 2.38. The monoisotopic (exact) mass is 237 g/mol. The van der Waals surface area contributed by atoms with Gasteiger partial charge in [0.15, 0.2) is 0 Å². The summed E-state index contributed by atoms with van der Waals surface area (Å²) in [6.45, 7) is 6.83. The fourth-order valence-corrected chi connectivity index (χ4v) is 1.71. The van der Waals surface area contributed by atoms with E-state index >= 15 is 0 Å². The molecule has 0 aromatic heterocycles. The van der Waals surface area contributed by atoms with E-state index in [1.165, 1.54) is 0 Å². The van der Waals surface area contributed by atoms with Crippen LogP contribution in [-0.2, 0) is 4.79 Å². The third kappa shape index (κ3) is 3.37. The Bertz CT molecular complexity index is 361. The molecule has 0 saturated heterocycles. The Balaban J connectivity index is 2.85. The summed E-state index contributed by atoms with van der Waals surface area (Å²) in [5.74, 6) is -0.0176. The number of nitrogens with zero attached hydrogens (tertiary/aromatic N) is 1. The second-order valence-electron chi connectivity index (χ2n) is 3.73. The molecule has 0 spiro atoms. The molecule has 1 atom stereocenters. The molecule has 94 valence electrons. The minimum Gasteiger partial charge on any atom is -0.494 e. The molecule has 0 saturated carbocycles. The summed E-state index contributed by atoms with van der Waals surface area (Å²) in [4.78, 5) is 12.8. The van der Waals surface area contributed by atoms with Crippen LogP contribution in [0.5, 0.6) is 5.75 Å². The van der Waals surface area contributed by atoms with Gasteiger partial charge in [0.25, 0.3) is 0 Å². The third-order valence-corrected chi connectivity index (χ3v) is 2.64. The van der Waals surface area contributed by atoms with E-state index in [1.54, 1.807) is 6.92 Å². The Morgan fingerprint density at radius 1 is 1.35 bits per heavy atom. The summed E-state index contributed by atoms with van der Waals surface area (Å²) < 4.78 is 5.35. The summed E-state index contributed by atoms with van der Waals surface area (Å²) in [6, 6.07) is 6.95. The van der Waals surface area contributed by atoms with E-state index in [-0.39, 0.29) is 0 Å². The Morgan fingerprint density at radius 2 is 1.94 bits per heavy atom. The van der Waals surface area contributed by atoms with Gasteiger partial charge in [-0.1, -0.05) is 0 Å². The Kier molecular flexibility index (Phi) is 4.82. The van der Waals surface area contributed by atoms with Crippen molar-refractivity contribution in [2.45, 2.75) is 26.8 Å². The molecule has 0 radical (unpaired) electrons. The molecule has 1 unspecified atom stereocenters. The lowest BCUT2D eigenvalue weighted by atomic mass is 10.2. The van der Waals surface area contributed by atoms with Crippen molar-refractivity contribution in [2.75, 3.05) is 18.1 Å². The second-order valence-corrected chi connectivity index (χ2v) is 3.73. The molecule has 0 amide bonds. The highest BCUT2D eigenvalue weighted by Crippen LogP contribution is 2.21. The number of benzene rings is 1. The van der Waals surface area contributed by atoms with Gasteiger partial charge in [0.2, 0.25) is 0 Å². The van der Waals surface area contributed by atoms with Crippen LogP contribution in [0.15, 0.2) is 24.3 Å². The molecule has 1 rings (SSSR count). The van der Waals surface area contributed by atoms with Gasteiger partial charge in [0.1, 0.15) is 11.8 Å². The van der Waals surface area contributed by atoms with Crippen LogP contribution < -0.4 is 9.64 Å². The summed E-state index contributed by atoms with van der Waals surface area (Å²) >= 11 is 0. The number of hydrogen-bond acceptors (Lipinski definition) is 3. The van der Waals surface area contributed by atoms with Crippen molar-refractivity contribution >= 4 is 11.7 Å². The van der Waals surface area contributed by atoms with Gasteiger partial charge in [0, 0.05) is 12.2 Å². The van der Waals surface area contributed by atoms with Crippen molar-refractivity contribution < 1.29 is 14.6 Å². The summed E-state index contributed by atoms with van der Waals surface area (Å²) in [6.07, 6.45) is 0. The van der Waals surface area contributed by atoms with Crippen LogP contribution in [0.2, 0.25) is 0 Å². The van der Waals surface area contributed by atoms with E-state index in [2.05, 4.69) is 0 Å². The lowest BCUT2D eigenvalue weighted by molar-refractivity contribution is -0.138. The zero-order valence-electron chi connectivity index (χ0n) is 10.5. The highest BCUT2D eigenvalue weighted by Gasteiger charge is 2.19. The molecule has 0 aliphatic carbocycles. The van der Waals surface area contributed by atoms with Gasteiger partial charge >= 0.3 is 5.97 Å². The van der Waals surface area contributed by atoms with Crippen molar-refractivity contribution in [3.63, 3.8) is 0 Å². The lowest BCUT2D eigenvalue weighted by Crippen LogP contribution is -2.38. The van der Waals surface area contributed by atoms with Crippen LogP contribution in [0.1, 0.15) is 20.8 Å². The zero-order chi connectivity index (χ0) is 12.8. The molecule has 17 heavy (non-hydrogen) atoms. The molecular weight excluding hydrogens is 218 g/mol. The number of ether oxygens (including phenoxy) is 1. The lowest BCUT2D eigenvalue weighted by Gasteiger charge is -2.27. The Labute approximate surface area is 102 Å². The fourth-order valence-electron chi connectivity index (χ4n) is 1.71. The number of aliphatic carboxylic acids is 1. The molecule has 4 nitrogen and oxygen atoms in total. The second kappa shape index (κ2) is 6.13. The van der Waals surface area contributed by atoms with Crippen LogP contribution in [-0.4, -0.2) is 30.3 Å². The molecule has 1 aromatic rings. The summed E-state index contributed by atoms with van der Waals surface area (Å²) in [7, 11) is 0. The van der Waals surface area contributed by atoms with Gasteiger partial charge in [-0.15, -0.1) is 0 Å². The van der Waals surface area contributed by atoms with E-state index in [1.807, 2.05) is 43.0 Å². The molecule has 0 aliphatic rings. The maximum atomic E-state index is 11.0. The van der Waals surface area contributed by atoms with Gasteiger partial charge in [-0.2, -0.15) is 0 Å². The van der Waals surface area contributed by atoms with E-state index in [0.29, 0.717) is 13.2 Å². The molecule has 0 aliphatic heterocycles. The Hall–Kier alpha value is -1.71. The average Bonchev–Trinajstić information content (AvgIpc) is 2.32. The number of carboxylic acid groups (broad SMARTS) is 1. The van der Waals surface area contributed by atoms with E-state index in [0.717, 1.165) is 11.4 Å². The van der Waals surface area contributed by atoms with Crippen molar-refractivity contribution in [1.82, 2.24) is 0 Å². The maximum Gasteiger partial charge on any atom is 0.326 e. The summed E-state index contributed by atoms with van der Waals surface area (Å²) in [5.41, 5.74) is 0.894. The minimum atomic E-state index is -0.819. The third-order valence-electron chi connectivity index (χ3n) is 2.64. The predicted molar refractivity (Wildman–Crippen MR) is 67.7 cm³/mol. The zero-order valence-corrected chi connectivity index (χ0v) is 10.5. The van der Waals surface area contributed by atoms with Crippen LogP contribution in [0.4, 0.5) is 5.69 Å². The maximum absolute atomic E-state index is 11.0. The van der Waals surface area contributed by atoms with Crippen LogP contribution >= 0.6 is 0 Å². The standard InChI is InChI=1S/C13H19NO3/c1-4-14(10(3)13(15)16)11-6-8-12(9-7-11)17-5-2/h6-10H,4-5H2,1-3H3,(H,15,16). The fraction of sp³-hybridized carbons (Fsp3) is 0.462. The molecule has 4 heteroatoms. The van der Waals surface area contributed by atoms with E-state index < -0.39 is 12.0 Å². The first kappa shape index (κ1) is 13.4. The van der Waals surface area contributed by atoms with Crippen molar-refractivity contribution in [1.29, 1.82) is 0 Å². The van der Waals surface area contributed by atoms with Crippen LogP contribution in [0.3, 0.4) is 0 Å². The molecule has 0 bridgehead atoms. The summed E-state index contributed by atoms with van der Waals surface area (Å²) in [5, 5.41) is 9.02. The van der Waals surface area contributed by atoms with E-state index in [4.69, 9.17) is 9.84 Å². The highest BCUT2D eigenvalue weighted by molar-refractivity contribution is 5.77. The topological polar surface area (TPSA) is 49.8 Å². The first-order valence-corrected chi connectivity index (χ1v) is 5.82. The molecule has 1 N–H and O–H groups in total. The molecule has 1 aromatic carbocycles. The smallest absolute Gasteiger partial charge is 0.326 e. The van der Waals surface area contributed by atoms with Crippen LogP contribution in [0, 0.1) is 0 Å². The van der Waals surface area contributed by atoms with Crippen molar-refractivity contribution in [3.05, 3.63) is 24.3 Å². The van der Waals surface area contributed by atoms with Gasteiger partial charge in [0.05, 0.1) is 6.61 Å². The number of likely N-dealkylation sites (N-methyl/N-ethyl adjacent to an activating group) is 1. The SMILES string of the molecule is CCOc1ccc(N(CC)C(C)C(=O)O)cc1. The number of carbonyl (C=O) groups is 1. The quantitative estimate of drug-likeness (QED) is 0.825. The van der Waals surface area contributed by atoms with Gasteiger partial charge < -0.3 is 14.7 Å². The normalized spacial score (nSPS) is 11.9. The Morgan fingerprint density at radius 3 is 2.35 bits per heavy atom. The number of rotatable bonds is 6. The first-order valence-electron chi connectivity index (χ1n) is 5.82. The average molecular weight is 237 g/mol. The molecular formula is C13H19NO3. The van der Waals surface area contributed by atoms with E-state index in [9.17, 15) is 4.79 Å².